The standard InChI is InChI=1S/C8H14N6O3S3/c9-7(10)13-8-12-5(4-19-8)3-18-2-1-6(15)14-20(11,16)17/h4H,1-3H2,(H,14,15)(H2,11,16,17)(H4,9,10,12,13). The third-order valence-corrected chi connectivity index (χ3v) is 4.03. The van der Waals surface area contributed by atoms with E-state index < -0.39 is 16.1 Å². The summed E-state index contributed by atoms with van der Waals surface area (Å²) in [6.45, 7) is 0. The summed E-state index contributed by atoms with van der Waals surface area (Å²) in [6, 6.07) is 0. The normalized spacial score (nSPS) is 11.1. The molecular weight excluding hydrogens is 324 g/mol. The molecule has 0 aliphatic heterocycles. The van der Waals surface area contributed by atoms with E-state index >= 15 is 0 Å². The summed E-state index contributed by atoms with van der Waals surface area (Å²) < 4.78 is 22.9. The van der Waals surface area contributed by atoms with E-state index in [0.717, 1.165) is 5.69 Å². The maximum absolute atomic E-state index is 11.2. The predicted octanol–water partition coefficient (Wildman–Crippen LogP) is -1.01. The van der Waals surface area contributed by atoms with Crippen molar-refractivity contribution >= 4 is 50.3 Å². The Balaban J connectivity index is 2.29. The second kappa shape index (κ2) is 7.42. The molecule has 1 rings (SSSR count). The summed E-state index contributed by atoms with van der Waals surface area (Å²) >= 11 is 2.73. The molecule has 0 aliphatic carbocycles. The molecule has 1 heterocycles. The number of amides is 1. The fourth-order valence-corrected chi connectivity index (χ4v) is 3.14. The molecule has 0 saturated carbocycles. The Hall–Kier alpha value is -1.37. The van der Waals surface area contributed by atoms with Gasteiger partial charge >= 0.3 is 0 Å². The number of aliphatic imine (C=N–C) groups is 1. The maximum Gasteiger partial charge on any atom is 0.298 e. The molecular formula is C8H14N6O3S3. The van der Waals surface area contributed by atoms with Gasteiger partial charge in [-0.05, 0) is 0 Å². The summed E-state index contributed by atoms with van der Waals surface area (Å²) in [5.74, 6) is 0.313. The molecule has 0 bridgehead atoms. The molecule has 0 aromatic carbocycles. The van der Waals surface area contributed by atoms with Crippen molar-refractivity contribution in [1.29, 1.82) is 0 Å². The number of hydrogen-bond donors (Lipinski definition) is 4. The molecule has 7 N–H and O–H groups in total. The second-order valence-corrected chi connectivity index (χ2v) is 6.77. The van der Waals surface area contributed by atoms with Crippen LogP contribution in [0.15, 0.2) is 10.4 Å². The molecule has 9 nitrogen and oxygen atoms in total. The summed E-state index contributed by atoms with van der Waals surface area (Å²) in [6.07, 6.45) is 0.0476. The molecule has 0 atom stereocenters. The van der Waals surface area contributed by atoms with Crippen molar-refractivity contribution in [3.63, 3.8) is 0 Å². The molecule has 0 unspecified atom stereocenters. The van der Waals surface area contributed by atoms with Crippen LogP contribution >= 0.6 is 23.1 Å². The number of nitrogens with two attached hydrogens (primary N) is 3. The highest BCUT2D eigenvalue weighted by atomic mass is 32.2. The number of nitrogens with zero attached hydrogens (tertiary/aromatic N) is 2. The average Bonchev–Trinajstić information content (AvgIpc) is 2.68. The lowest BCUT2D eigenvalue weighted by Crippen LogP contribution is -2.36. The van der Waals surface area contributed by atoms with Gasteiger partial charge in [0.2, 0.25) is 11.0 Å². The Morgan fingerprint density at radius 2 is 2.20 bits per heavy atom. The van der Waals surface area contributed by atoms with Gasteiger partial charge in [0.1, 0.15) is 0 Å². The summed E-state index contributed by atoms with van der Waals surface area (Å²) in [5.41, 5.74) is 11.2. The number of thioether (sulfide) groups is 1. The zero-order chi connectivity index (χ0) is 15.2. The molecule has 12 heteroatoms. The fourth-order valence-electron chi connectivity index (χ4n) is 1.08. The highest BCUT2D eigenvalue weighted by Crippen LogP contribution is 2.21. The van der Waals surface area contributed by atoms with Gasteiger partial charge in [-0.2, -0.15) is 25.2 Å². The van der Waals surface area contributed by atoms with E-state index in [9.17, 15) is 13.2 Å². The first-order valence-corrected chi connectivity index (χ1v) is 8.79. The van der Waals surface area contributed by atoms with Crippen molar-refractivity contribution in [2.45, 2.75) is 12.2 Å². The Morgan fingerprint density at radius 3 is 2.80 bits per heavy atom. The van der Waals surface area contributed by atoms with E-state index in [-0.39, 0.29) is 12.4 Å². The Bertz CT molecular complexity index is 592. The number of aromatic nitrogens is 1. The van der Waals surface area contributed by atoms with Crippen LogP contribution in [0.25, 0.3) is 0 Å². The van der Waals surface area contributed by atoms with Crippen LogP contribution in [0.1, 0.15) is 12.1 Å². The van der Waals surface area contributed by atoms with Gasteiger partial charge in [0.15, 0.2) is 5.96 Å². The quantitative estimate of drug-likeness (QED) is 0.281. The van der Waals surface area contributed by atoms with Gasteiger partial charge in [0.05, 0.1) is 5.69 Å². The van der Waals surface area contributed by atoms with Crippen molar-refractivity contribution in [3.05, 3.63) is 11.1 Å². The first kappa shape index (κ1) is 16.7. The minimum absolute atomic E-state index is 0.0476. The number of rotatable bonds is 7. The van der Waals surface area contributed by atoms with Gasteiger partial charge < -0.3 is 11.5 Å². The summed E-state index contributed by atoms with van der Waals surface area (Å²) in [5, 5.41) is 6.94. The van der Waals surface area contributed by atoms with Gasteiger partial charge in [-0.3, -0.25) is 4.79 Å². The smallest absolute Gasteiger partial charge is 0.298 e. The Labute approximate surface area is 124 Å². The number of thiazole rings is 1. The molecule has 1 amide bonds. The SMILES string of the molecule is NC(N)=Nc1nc(CSCCC(=O)NS(N)(=O)=O)cs1. The molecule has 0 fully saturated rings. The van der Waals surface area contributed by atoms with E-state index in [2.05, 4.69) is 15.1 Å². The first-order valence-electron chi connectivity index (χ1n) is 5.21. The predicted molar refractivity (Wildman–Crippen MR) is 79.6 cm³/mol. The maximum atomic E-state index is 11.2. The summed E-state index contributed by atoms with van der Waals surface area (Å²) in [7, 11) is -3.98. The van der Waals surface area contributed by atoms with Gasteiger partial charge in [-0.1, -0.05) is 0 Å². The van der Waals surface area contributed by atoms with Crippen LogP contribution in [-0.2, 0) is 20.8 Å². The van der Waals surface area contributed by atoms with E-state index in [1.165, 1.54) is 23.1 Å². The van der Waals surface area contributed by atoms with Crippen molar-refractivity contribution in [1.82, 2.24) is 9.71 Å². The Morgan fingerprint density at radius 1 is 1.50 bits per heavy atom. The largest absolute Gasteiger partial charge is 0.370 e. The zero-order valence-corrected chi connectivity index (χ0v) is 12.7. The van der Waals surface area contributed by atoms with Crippen LogP contribution in [0.5, 0.6) is 0 Å². The number of nitrogens with one attached hydrogen (secondary N) is 1. The topological polar surface area (TPSA) is 167 Å². The van der Waals surface area contributed by atoms with E-state index in [1.807, 2.05) is 0 Å². The van der Waals surface area contributed by atoms with Crippen LogP contribution in [0.2, 0.25) is 0 Å². The lowest BCUT2D eigenvalue weighted by atomic mass is 10.5. The molecule has 0 saturated heterocycles. The lowest BCUT2D eigenvalue weighted by molar-refractivity contribution is -0.118. The summed E-state index contributed by atoms with van der Waals surface area (Å²) in [4.78, 5) is 19.1. The number of hydrogen-bond acceptors (Lipinski definition) is 7. The minimum atomic E-state index is -3.98. The van der Waals surface area contributed by atoms with Crippen LogP contribution in [0.3, 0.4) is 0 Å². The van der Waals surface area contributed by atoms with Crippen LogP contribution in [0, 0.1) is 0 Å². The second-order valence-electron chi connectivity index (χ2n) is 3.53. The van der Waals surface area contributed by atoms with Crippen molar-refractivity contribution in [2.75, 3.05) is 5.75 Å². The van der Waals surface area contributed by atoms with Gasteiger partial charge in [-0.15, -0.1) is 11.3 Å². The van der Waals surface area contributed by atoms with Gasteiger partial charge in [0.25, 0.3) is 10.2 Å². The van der Waals surface area contributed by atoms with Crippen LogP contribution < -0.4 is 21.3 Å². The highest BCUT2D eigenvalue weighted by Gasteiger charge is 2.08. The van der Waals surface area contributed by atoms with E-state index in [0.29, 0.717) is 16.6 Å². The number of guanidine groups is 1. The number of carbonyl (C=O) groups is 1. The Kier molecular flexibility index (Phi) is 6.19. The first-order chi connectivity index (χ1) is 9.26. The fraction of sp³-hybridized carbons (Fsp3) is 0.375. The third-order valence-electron chi connectivity index (χ3n) is 1.74. The monoisotopic (exact) mass is 338 g/mol. The van der Waals surface area contributed by atoms with Gasteiger partial charge in [-0.25, -0.2) is 14.8 Å². The van der Waals surface area contributed by atoms with E-state index in [4.69, 9.17) is 11.5 Å². The lowest BCUT2D eigenvalue weighted by Gasteiger charge is -2.01. The van der Waals surface area contributed by atoms with Crippen molar-refractivity contribution in [2.24, 2.45) is 21.6 Å². The van der Waals surface area contributed by atoms with E-state index in [1.54, 1.807) is 10.1 Å². The third kappa shape index (κ3) is 7.28. The molecule has 112 valence electrons. The van der Waals surface area contributed by atoms with Crippen LogP contribution in [0.4, 0.5) is 5.13 Å². The molecule has 20 heavy (non-hydrogen) atoms. The highest BCUT2D eigenvalue weighted by molar-refractivity contribution is 7.98. The van der Waals surface area contributed by atoms with Crippen LogP contribution in [-0.4, -0.2) is 31.0 Å². The molecule has 1 aromatic heterocycles. The van der Waals surface area contributed by atoms with Crippen molar-refractivity contribution < 1.29 is 13.2 Å². The number of carbonyl (C=O) groups excluding carboxylic acids is 1. The average molecular weight is 338 g/mol. The van der Waals surface area contributed by atoms with Crippen molar-refractivity contribution in [3.8, 4) is 0 Å². The minimum Gasteiger partial charge on any atom is -0.370 e. The zero-order valence-electron chi connectivity index (χ0n) is 10.3. The molecule has 1 aromatic rings. The molecule has 0 aliphatic rings. The molecule has 0 spiro atoms. The van der Waals surface area contributed by atoms with Gasteiger partial charge in [0, 0.05) is 23.3 Å². The molecule has 0 radical (unpaired) electrons.